The van der Waals surface area contributed by atoms with Crippen LogP contribution in [0.5, 0.6) is 0 Å². The smallest absolute Gasteiger partial charge is 0.327 e. The molecule has 1 fully saturated rings. The van der Waals surface area contributed by atoms with Crippen LogP contribution in [0, 0.1) is 23.0 Å². The first-order valence-electron chi connectivity index (χ1n) is 8.95. The fraction of sp³-hybridized carbons (Fsp3) is 0.250. The fourth-order valence-electron chi connectivity index (χ4n) is 3.12. The fourth-order valence-corrected chi connectivity index (χ4v) is 4.43. The van der Waals surface area contributed by atoms with Crippen molar-refractivity contribution >= 4 is 51.9 Å². The second-order valence-corrected chi connectivity index (χ2v) is 8.73. The summed E-state index contributed by atoms with van der Waals surface area (Å²) in [6.45, 7) is 5.16. The molecule has 1 aliphatic rings. The van der Waals surface area contributed by atoms with E-state index in [2.05, 4.69) is 0 Å². The lowest BCUT2D eigenvalue weighted by molar-refractivity contribution is -0.384. The third kappa shape index (κ3) is 4.14. The topological polar surface area (TPSA) is 114 Å². The number of benzene rings is 1. The van der Waals surface area contributed by atoms with E-state index in [-0.39, 0.29) is 26.6 Å². The number of nitrogens with zero attached hydrogens (tertiary/aromatic N) is 2. The van der Waals surface area contributed by atoms with Crippen LogP contribution in [0.4, 0.5) is 5.69 Å². The summed E-state index contributed by atoms with van der Waals surface area (Å²) < 4.78 is 5.87. The van der Waals surface area contributed by atoms with Crippen molar-refractivity contribution in [3.63, 3.8) is 0 Å². The molecule has 0 bridgehead atoms. The van der Waals surface area contributed by atoms with Crippen molar-refractivity contribution in [3.05, 3.63) is 56.7 Å². The largest absolute Gasteiger partial charge is 0.480 e. The number of carbonyl (C=O) groups is 2. The van der Waals surface area contributed by atoms with Gasteiger partial charge in [-0.3, -0.25) is 19.8 Å². The van der Waals surface area contributed by atoms with Gasteiger partial charge in [0.15, 0.2) is 0 Å². The van der Waals surface area contributed by atoms with Gasteiger partial charge in [-0.25, -0.2) is 4.79 Å². The van der Waals surface area contributed by atoms with Gasteiger partial charge < -0.3 is 9.52 Å². The van der Waals surface area contributed by atoms with Gasteiger partial charge in [-0.05, 0) is 36.6 Å². The van der Waals surface area contributed by atoms with E-state index >= 15 is 0 Å². The first-order chi connectivity index (χ1) is 14.1. The van der Waals surface area contributed by atoms with Crippen molar-refractivity contribution in [1.82, 2.24) is 4.90 Å². The summed E-state index contributed by atoms with van der Waals surface area (Å²) in [5, 5.41) is 20.8. The Bertz CT molecular complexity index is 1090. The van der Waals surface area contributed by atoms with E-state index in [0.717, 1.165) is 22.2 Å². The predicted molar refractivity (Wildman–Crippen MR) is 117 cm³/mol. The van der Waals surface area contributed by atoms with Gasteiger partial charge >= 0.3 is 5.97 Å². The molecule has 1 saturated heterocycles. The highest BCUT2D eigenvalue weighted by molar-refractivity contribution is 8.26. The Morgan fingerprint density at radius 2 is 2.03 bits per heavy atom. The Balaban J connectivity index is 1.93. The van der Waals surface area contributed by atoms with Crippen molar-refractivity contribution in [2.75, 3.05) is 0 Å². The molecule has 1 amide bonds. The molecule has 1 unspecified atom stereocenters. The molecule has 0 spiro atoms. The molecule has 3 rings (SSSR count). The van der Waals surface area contributed by atoms with Crippen LogP contribution in [0.3, 0.4) is 0 Å². The zero-order valence-electron chi connectivity index (χ0n) is 16.3. The number of thiocarbonyl (C=S) groups is 1. The number of aliphatic carboxylic acids is 1. The number of furan rings is 1. The summed E-state index contributed by atoms with van der Waals surface area (Å²) in [7, 11) is 0. The third-order valence-corrected chi connectivity index (χ3v) is 5.83. The molecule has 1 aromatic heterocycles. The van der Waals surface area contributed by atoms with Crippen LogP contribution in [0.1, 0.15) is 25.2 Å². The van der Waals surface area contributed by atoms with Crippen LogP contribution >= 0.6 is 24.0 Å². The molecule has 156 valence electrons. The van der Waals surface area contributed by atoms with E-state index < -0.39 is 22.8 Å². The number of rotatable bonds is 6. The zero-order valence-corrected chi connectivity index (χ0v) is 18.0. The van der Waals surface area contributed by atoms with Gasteiger partial charge in [0.25, 0.3) is 11.6 Å². The molecule has 0 aliphatic carbocycles. The zero-order chi connectivity index (χ0) is 22.2. The summed E-state index contributed by atoms with van der Waals surface area (Å²) in [5.74, 6) is -1.38. The van der Waals surface area contributed by atoms with Crippen molar-refractivity contribution < 1.29 is 24.0 Å². The van der Waals surface area contributed by atoms with Crippen molar-refractivity contribution in [2.45, 2.75) is 26.8 Å². The number of thioether (sulfide) groups is 1. The van der Waals surface area contributed by atoms with Crippen LogP contribution in [0.2, 0.25) is 0 Å². The summed E-state index contributed by atoms with van der Waals surface area (Å²) in [4.78, 5) is 36.6. The monoisotopic (exact) mass is 446 g/mol. The first kappa shape index (κ1) is 21.7. The predicted octanol–water partition coefficient (Wildman–Crippen LogP) is 4.47. The lowest BCUT2D eigenvalue weighted by Crippen LogP contribution is -2.47. The highest BCUT2D eigenvalue weighted by Crippen LogP contribution is 2.37. The molecular weight excluding hydrogens is 428 g/mol. The Hall–Kier alpha value is -2.98. The maximum Gasteiger partial charge on any atom is 0.327 e. The first-order valence-corrected chi connectivity index (χ1v) is 10.2. The van der Waals surface area contributed by atoms with Crippen molar-refractivity contribution in [2.24, 2.45) is 5.92 Å². The van der Waals surface area contributed by atoms with Crippen LogP contribution in [-0.4, -0.2) is 37.2 Å². The van der Waals surface area contributed by atoms with E-state index in [9.17, 15) is 24.8 Å². The summed E-state index contributed by atoms with van der Waals surface area (Å²) in [5.41, 5.74) is 0.992. The Kier molecular flexibility index (Phi) is 6.09. The van der Waals surface area contributed by atoms with Crippen molar-refractivity contribution in [1.29, 1.82) is 0 Å². The van der Waals surface area contributed by atoms with Gasteiger partial charge in [-0.15, -0.1) is 0 Å². The number of nitro benzene ring substituents is 1. The SMILES string of the molecule is Cc1ccc(-c2ccc(/C=C3/SC(=S)N(C(C(=O)O)C(C)C)C3=O)o2)c([N+](=O)[O-])c1. The molecular formula is C20H18N2O6S2. The van der Waals surface area contributed by atoms with E-state index in [1.165, 1.54) is 12.1 Å². The van der Waals surface area contributed by atoms with Gasteiger partial charge in [-0.1, -0.05) is 43.9 Å². The minimum atomic E-state index is -1.13. The lowest BCUT2D eigenvalue weighted by Gasteiger charge is -2.26. The van der Waals surface area contributed by atoms with Gasteiger partial charge in [0.1, 0.15) is 21.9 Å². The number of amides is 1. The Labute approximate surface area is 181 Å². The molecule has 1 aliphatic heterocycles. The van der Waals surface area contributed by atoms with E-state index in [1.807, 2.05) is 0 Å². The minimum absolute atomic E-state index is 0.0801. The van der Waals surface area contributed by atoms with E-state index in [1.54, 1.807) is 45.0 Å². The summed E-state index contributed by atoms with van der Waals surface area (Å²) in [6.07, 6.45) is 1.46. The average Bonchev–Trinajstić information content (AvgIpc) is 3.21. The highest BCUT2D eigenvalue weighted by atomic mass is 32.2. The number of nitro groups is 1. The molecule has 1 aromatic carbocycles. The molecule has 0 radical (unpaired) electrons. The quantitative estimate of drug-likeness (QED) is 0.299. The van der Waals surface area contributed by atoms with Crippen LogP contribution < -0.4 is 0 Å². The lowest BCUT2D eigenvalue weighted by atomic mass is 10.0. The number of hydrogen-bond donors (Lipinski definition) is 1. The molecule has 1 N–H and O–H groups in total. The van der Waals surface area contributed by atoms with Crippen LogP contribution in [0.25, 0.3) is 17.4 Å². The molecule has 0 saturated carbocycles. The molecule has 2 heterocycles. The number of hydrogen-bond acceptors (Lipinski definition) is 7. The molecule has 1 atom stereocenters. The average molecular weight is 447 g/mol. The number of carbonyl (C=O) groups excluding carboxylic acids is 1. The standard InChI is InChI=1S/C20H18N2O6S2/c1-10(2)17(19(24)25)21-18(23)16(30-20(21)29)9-12-5-7-15(28-12)13-6-4-11(3)8-14(13)22(26)27/h4-10,17H,1-3H3,(H,24,25)/b16-9+. The molecule has 2 aromatic rings. The van der Waals surface area contributed by atoms with Gasteiger partial charge in [0.05, 0.1) is 15.4 Å². The molecule has 10 heteroatoms. The maximum absolute atomic E-state index is 12.8. The Morgan fingerprint density at radius 3 is 2.63 bits per heavy atom. The summed E-state index contributed by atoms with van der Waals surface area (Å²) in [6, 6.07) is 6.91. The molecule has 30 heavy (non-hydrogen) atoms. The van der Waals surface area contributed by atoms with Crippen LogP contribution in [-0.2, 0) is 9.59 Å². The number of aryl methyl sites for hydroxylation is 1. The summed E-state index contributed by atoms with van der Waals surface area (Å²) >= 11 is 6.22. The third-order valence-electron chi connectivity index (χ3n) is 4.50. The highest BCUT2D eigenvalue weighted by Gasteiger charge is 2.42. The second kappa shape index (κ2) is 8.41. The number of carboxylic acid groups (broad SMARTS) is 1. The van der Waals surface area contributed by atoms with Gasteiger partial charge in [0, 0.05) is 12.1 Å². The van der Waals surface area contributed by atoms with E-state index in [4.69, 9.17) is 16.6 Å². The molecule has 8 nitrogen and oxygen atoms in total. The van der Waals surface area contributed by atoms with Gasteiger partial charge in [0.2, 0.25) is 0 Å². The van der Waals surface area contributed by atoms with E-state index in [0.29, 0.717) is 11.3 Å². The van der Waals surface area contributed by atoms with Crippen molar-refractivity contribution in [3.8, 4) is 11.3 Å². The Morgan fingerprint density at radius 1 is 1.33 bits per heavy atom. The van der Waals surface area contributed by atoms with Crippen LogP contribution in [0.15, 0.2) is 39.7 Å². The second-order valence-electron chi connectivity index (χ2n) is 7.06. The number of carboxylic acids is 1. The maximum atomic E-state index is 12.8. The minimum Gasteiger partial charge on any atom is -0.480 e. The normalized spacial score (nSPS) is 16.5. The van der Waals surface area contributed by atoms with Gasteiger partial charge in [-0.2, -0.15) is 0 Å².